The number of hydrogen-bond donors (Lipinski definition) is 3. The van der Waals surface area contributed by atoms with E-state index in [-0.39, 0.29) is 16.7 Å². The van der Waals surface area contributed by atoms with E-state index in [0.29, 0.717) is 16.8 Å². The molecule has 2 rings (SSSR count). The van der Waals surface area contributed by atoms with E-state index in [0.717, 1.165) is 0 Å². The first-order valence-electron chi connectivity index (χ1n) is 5.74. The van der Waals surface area contributed by atoms with Crippen LogP contribution in [-0.4, -0.2) is 17.2 Å². The van der Waals surface area contributed by atoms with Crippen LogP contribution in [0.2, 0.25) is 5.02 Å². The van der Waals surface area contributed by atoms with E-state index in [1.54, 1.807) is 30.3 Å². The molecule has 0 atom stereocenters. The van der Waals surface area contributed by atoms with Crippen LogP contribution < -0.4 is 11.2 Å². The molecule has 0 saturated carbocycles. The summed E-state index contributed by atoms with van der Waals surface area (Å²) in [6.45, 7) is 0. The van der Waals surface area contributed by atoms with Gasteiger partial charge in [-0.2, -0.15) is 5.10 Å². The van der Waals surface area contributed by atoms with Crippen molar-refractivity contribution in [2.75, 3.05) is 5.73 Å². The van der Waals surface area contributed by atoms with E-state index in [1.807, 2.05) is 0 Å². The molecule has 6 heteroatoms. The molecule has 2 aromatic rings. The minimum absolute atomic E-state index is 0.00488. The Balaban J connectivity index is 2.00. The fraction of sp³-hybridized carbons (Fsp3) is 0. The summed E-state index contributed by atoms with van der Waals surface area (Å²) in [5.74, 6) is -0.346. The summed E-state index contributed by atoms with van der Waals surface area (Å²) < 4.78 is 0. The second kappa shape index (κ2) is 6.08. The Hall–Kier alpha value is -2.53. The third-order valence-corrected chi connectivity index (χ3v) is 2.83. The van der Waals surface area contributed by atoms with Gasteiger partial charge in [-0.15, -0.1) is 0 Å². The lowest BCUT2D eigenvalue weighted by molar-refractivity contribution is 0.0955. The van der Waals surface area contributed by atoms with E-state index in [1.165, 1.54) is 18.3 Å². The van der Waals surface area contributed by atoms with Crippen molar-refractivity contribution in [3.8, 4) is 5.75 Å². The van der Waals surface area contributed by atoms with Crippen molar-refractivity contribution in [1.29, 1.82) is 0 Å². The maximum atomic E-state index is 11.7. The molecule has 0 saturated heterocycles. The normalized spacial score (nSPS) is 10.7. The molecular weight excluding hydrogens is 278 g/mol. The van der Waals surface area contributed by atoms with Gasteiger partial charge >= 0.3 is 0 Å². The Morgan fingerprint density at radius 1 is 1.25 bits per heavy atom. The zero-order valence-corrected chi connectivity index (χ0v) is 11.1. The number of hydrazone groups is 1. The number of anilines is 1. The summed E-state index contributed by atoms with van der Waals surface area (Å²) in [5.41, 5.74) is 9.62. The minimum atomic E-state index is -0.342. The predicted molar refractivity (Wildman–Crippen MR) is 79.0 cm³/mol. The molecule has 0 aliphatic carbocycles. The summed E-state index contributed by atoms with van der Waals surface area (Å²) >= 11 is 5.76. The quantitative estimate of drug-likeness (QED) is 0.460. The number of nitrogens with two attached hydrogens (primary N) is 1. The Morgan fingerprint density at radius 2 is 1.95 bits per heavy atom. The maximum Gasteiger partial charge on any atom is 0.271 e. The second-order valence-corrected chi connectivity index (χ2v) is 4.44. The van der Waals surface area contributed by atoms with Crippen molar-refractivity contribution in [3.05, 3.63) is 58.6 Å². The fourth-order valence-corrected chi connectivity index (χ4v) is 1.66. The Labute approximate surface area is 120 Å². The fourth-order valence-electron chi connectivity index (χ4n) is 1.47. The molecule has 0 aromatic heterocycles. The molecule has 2 aromatic carbocycles. The Morgan fingerprint density at radius 3 is 2.60 bits per heavy atom. The Kier molecular flexibility index (Phi) is 4.22. The third kappa shape index (κ3) is 3.49. The summed E-state index contributed by atoms with van der Waals surface area (Å²) in [5, 5.41) is 13.3. The minimum Gasteiger partial charge on any atom is -0.506 e. The van der Waals surface area contributed by atoms with Crippen molar-refractivity contribution in [2.24, 2.45) is 5.10 Å². The molecule has 0 fully saturated rings. The molecule has 102 valence electrons. The van der Waals surface area contributed by atoms with Gasteiger partial charge in [0.2, 0.25) is 0 Å². The summed E-state index contributed by atoms with van der Waals surface area (Å²) in [6.07, 6.45) is 1.43. The summed E-state index contributed by atoms with van der Waals surface area (Å²) in [7, 11) is 0. The highest BCUT2D eigenvalue weighted by Gasteiger charge is 2.03. The van der Waals surface area contributed by atoms with E-state index < -0.39 is 0 Å². The van der Waals surface area contributed by atoms with Gasteiger partial charge in [-0.05, 0) is 48.0 Å². The van der Waals surface area contributed by atoms with Crippen molar-refractivity contribution < 1.29 is 9.90 Å². The second-order valence-electron chi connectivity index (χ2n) is 4.03. The van der Waals surface area contributed by atoms with E-state index in [4.69, 9.17) is 17.3 Å². The molecule has 0 bridgehead atoms. The number of rotatable bonds is 3. The molecule has 4 N–H and O–H groups in total. The maximum absolute atomic E-state index is 11.7. The number of phenols is 1. The number of benzene rings is 2. The van der Waals surface area contributed by atoms with Crippen molar-refractivity contribution in [3.63, 3.8) is 0 Å². The molecule has 0 heterocycles. The van der Waals surface area contributed by atoms with Gasteiger partial charge < -0.3 is 10.8 Å². The van der Waals surface area contributed by atoms with Crippen molar-refractivity contribution in [1.82, 2.24) is 5.43 Å². The topological polar surface area (TPSA) is 87.7 Å². The molecule has 0 unspecified atom stereocenters. The molecule has 5 nitrogen and oxygen atoms in total. The third-order valence-electron chi connectivity index (χ3n) is 2.52. The zero-order chi connectivity index (χ0) is 14.5. The van der Waals surface area contributed by atoms with Gasteiger partial charge in [-0.1, -0.05) is 11.6 Å². The zero-order valence-electron chi connectivity index (χ0n) is 10.4. The number of amides is 1. The van der Waals surface area contributed by atoms with Crippen LogP contribution >= 0.6 is 11.6 Å². The van der Waals surface area contributed by atoms with Crippen LogP contribution in [0, 0.1) is 0 Å². The predicted octanol–water partition coefficient (Wildman–Crippen LogP) is 2.39. The number of aromatic hydroxyl groups is 1. The summed E-state index contributed by atoms with van der Waals surface area (Å²) in [6, 6.07) is 11.1. The number of halogens is 1. The molecule has 1 amide bonds. The van der Waals surface area contributed by atoms with E-state index >= 15 is 0 Å². The average molecular weight is 290 g/mol. The van der Waals surface area contributed by atoms with Gasteiger partial charge in [-0.25, -0.2) is 5.43 Å². The van der Waals surface area contributed by atoms with Gasteiger partial charge in [0, 0.05) is 11.3 Å². The first-order valence-corrected chi connectivity index (χ1v) is 6.11. The molecule has 0 spiro atoms. The highest BCUT2D eigenvalue weighted by molar-refractivity contribution is 6.32. The number of nitrogens with one attached hydrogen (secondary N) is 1. The number of hydrogen-bond acceptors (Lipinski definition) is 4. The first kappa shape index (κ1) is 13.9. The van der Waals surface area contributed by atoms with Crippen LogP contribution in [0.15, 0.2) is 47.6 Å². The monoisotopic (exact) mass is 289 g/mol. The van der Waals surface area contributed by atoms with Crippen LogP contribution in [0.1, 0.15) is 15.9 Å². The largest absolute Gasteiger partial charge is 0.506 e. The number of phenolic OH excluding ortho intramolecular Hbond substituents is 1. The van der Waals surface area contributed by atoms with Crippen LogP contribution in [0.4, 0.5) is 5.69 Å². The van der Waals surface area contributed by atoms with E-state index in [2.05, 4.69) is 10.5 Å². The number of carbonyl (C=O) groups is 1. The molecule has 0 radical (unpaired) electrons. The van der Waals surface area contributed by atoms with Crippen LogP contribution in [-0.2, 0) is 0 Å². The highest BCUT2D eigenvalue weighted by atomic mass is 35.5. The number of nitrogens with zero attached hydrogens (tertiary/aromatic N) is 1. The molecule has 0 aliphatic rings. The van der Waals surface area contributed by atoms with Gasteiger partial charge in [0.15, 0.2) is 0 Å². The molecule has 20 heavy (non-hydrogen) atoms. The van der Waals surface area contributed by atoms with Crippen molar-refractivity contribution >= 4 is 29.4 Å². The average Bonchev–Trinajstić information content (AvgIpc) is 2.43. The van der Waals surface area contributed by atoms with Crippen LogP contribution in [0.3, 0.4) is 0 Å². The lowest BCUT2D eigenvalue weighted by atomic mass is 10.2. The van der Waals surface area contributed by atoms with Crippen LogP contribution in [0.5, 0.6) is 5.75 Å². The van der Waals surface area contributed by atoms with E-state index in [9.17, 15) is 9.90 Å². The van der Waals surface area contributed by atoms with Gasteiger partial charge in [0.05, 0.1) is 11.2 Å². The first-order chi connectivity index (χ1) is 9.56. The van der Waals surface area contributed by atoms with Crippen LogP contribution in [0.25, 0.3) is 0 Å². The highest BCUT2D eigenvalue weighted by Crippen LogP contribution is 2.22. The lowest BCUT2D eigenvalue weighted by Gasteiger charge is -2.01. The van der Waals surface area contributed by atoms with Gasteiger partial charge in [0.25, 0.3) is 5.91 Å². The molecule has 0 aliphatic heterocycles. The van der Waals surface area contributed by atoms with Gasteiger partial charge in [0.1, 0.15) is 5.75 Å². The number of nitrogen functional groups attached to an aromatic ring is 1. The lowest BCUT2D eigenvalue weighted by Crippen LogP contribution is -2.17. The standard InChI is InChI=1S/C14H12ClN3O2/c15-12-7-9(1-6-13(12)19)8-17-18-14(20)10-2-4-11(16)5-3-10/h1-8,19H,16H2,(H,18,20)/b17-8-. The Bertz CT molecular complexity index is 654. The molecular formula is C14H12ClN3O2. The van der Waals surface area contributed by atoms with Crippen molar-refractivity contribution in [2.45, 2.75) is 0 Å². The van der Waals surface area contributed by atoms with Gasteiger partial charge in [-0.3, -0.25) is 4.79 Å². The SMILES string of the molecule is Nc1ccc(C(=O)N/N=C\c2ccc(O)c(Cl)c2)cc1. The summed E-state index contributed by atoms with van der Waals surface area (Å²) in [4.78, 5) is 11.7. The smallest absolute Gasteiger partial charge is 0.271 e. The number of carbonyl (C=O) groups excluding carboxylic acids is 1.